The molecule has 0 amide bonds. The Morgan fingerprint density at radius 3 is 2.11 bits per heavy atom. The monoisotopic (exact) mass is 420 g/mol. The molecule has 0 N–H and O–H groups in total. The van der Waals surface area contributed by atoms with Crippen LogP contribution in [0.2, 0.25) is 0 Å². The molecule has 156 valence electrons. The molecule has 3 fully saturated rings. The number of fused-ring (bicyclic) bond motifs is 1. The largest absolute Gasteiger partial charge is 0.523 e. The van der Waals surface area contributed by atoms with E-state index in [1.54, 1.807) is 13.8 Å². The maximum Gasteiger partial charge on any atom is 0.523 e. The number of carbonyl (C=O) groups excluding carboxylic acids is 1. The third kappa shape index (κ3) is 3.93. The summed E-state index contributed by atoms with van der Waals surface area (Å²) in [6, 6.07) is 0. The van der Waals surface area contributed by atoms with Gasteiger partial charge in [0, 0.05) is 0 Å². The summed E-state index contributed by atoms with van der Waals surface area (Å²) in [4.78, 5) is 12.3. The maximum atomic E-state index is 12.6. The van der Waals surface area contributed by atoms with Gasteiger partial charge < -0.3 is 23.7 Å². The summed E-state index contributed by atoms with van der Waals surface area (Å²) in [5.41, 5.74) is -5.71. The highest BCUT2D eigenvalue weighted by atomic mass is 32.2. The second kappa shape index (κ2) is 6.26. The van der Waals surface area contributed by atoms with Crippen molar-refractivity contribution in [3.63, 3.8) is 0 Å². The molecule has 3 aliphatic rings. The van der Waals surface area contributed by atoms with Crippen LogP contribution in [0.15, 0.2) is 0 Å². The van der Waals surface area contributed by atoms with E-state index in [-0.39, 0.29) is 6.61 Å². The number of carbonyl (C=O) groups is 1. The summed E-state index contributed by atoms with van der Waals surface area (Å²) < 4.78 is 92.0. The van der Waals surface area contributed by atoms with Gasteiger partial charge in [-0.25, -0.2) is 8.98 Å². The molecule has 0 bridgehead atoms. The Labute approximate surface area is 153 Å². The lowest BCUT2D eigenvalue weighted by Crippen LogP contribution is -2.59. The van der Waals surface area contributed by atoms with Crippen molar-refractivity contribution >= 4 is 16.1 Å². The zero-order valence-electron chi connectivity index (χ0n) is 14.8. The lowest BCUT2D eigenvalue weighted by molar-refractivity contribution is -0.207. The number of cyclic esters (lactones) is 1. The highest BCUT2D eigenvalue weighted by Gasteiger charge is 2.62. The normalized spacial score (nSPS) is 38.5. The molecule has 3 aliphatic heterocycles. The van der Waals surface area contributed by atoms with Crippen LogP contribution in [0.4, 0.5) is 13.2 Å². The number of rotatable bonds is 3. The molecule has 0 aromatic heterocycles. The van der Waals surface area contributed by atoms with E-state index in [1.165, 1.54) is 13.8 Å². The van der Waals surface area contributed by atoms with E-state index < -0.39 is 63.7 Å². The summed E-state index contributed by atoms with van der Waals surface area (Å²) in [5.74, 6) is -3.61. The Kier molecular flexibility index (Phi) is 4.80. The molecule has 0 saturated carbocycles. The van der Waals surface area contributed by atoms with Gasteiger partial charge in [0.15, 0.2) is 17.7 Å². The first-order valence-corrected chi connectivity index (χ1v) is 9.40. The molecule has 9 nitrogen and oxygen atoms in total. The first-order valence-electron chi connectivity index (χ1n) is 7.99. The van der Waals surface area contributed by atoms with E-state index >= 15 is 0 Å². The van der Waals surface area contributed by atoms with Gasteiger partial charge in [0.2, 0.25) is 6.10 Å². The van der Waals surface area contributed by atoms with Crippen LogP contribution in [0.25, 0.3) is 0 Å². The third-order valence-corrected chi connectivity index (χ3v) is 5.21. The predicted octanol–water partition coefficient (Wildman–Crippen LogP) is 0.818. The number of esters is 1. The van der Waals surface area contributed by atoms with E-state index in [0.717, 1.165) is 0 Å². The maximum absolute atomic E-state index is 12.6. The Bertz CT molecular complexity index is 718. The molecule has 0 aromatic rings. The Balaban J connectivity index is 1.87. The molecule has 3 heterocycles. The fraction of sp³-hybridized carbons (Fsp3) is 0.929. The zero-order valence-corrected chi connectivity index (χ0v) is 15.6. The van der Waals surface area contributed by atoms with Gasteiger partial charge in [0.05, 0.1) is 6.61 Å². The molecule has 0 unspecified atom stereocenters. The standard InChI is InChI=1S/C14H19F3O9S/c1-12(2)21-5-6(23-12)7-8-9(25-13(3,4)24-8)10(11(18)22-7)26-27(19,20)14(15,16)17/h6-10H,5H2,1-4H3/t6-,7-,8+,9+,10+/m1/s1. The van der Waals surface area contributed by atoms with Crippen LogP contribution in [0, 0.1) is 0 Å². The third-order valence-electron chi connectivity index (χ3n) is 4.18. The van der Waals surface area contributed by atoms with Gasteiger partial charge in [-0.1, -0.05) is 0 Å². The van der Waals surface area contributed by atoms with Crippen molar-refractivity contribution in [1.82, 2.24) is 0 Å². The lowest BCUT2D eigenvalue weighted by Gasteiger charge is -2.37. The SMILES string of the molecule is CC1(C)O[C@@H]2[C@H](O1)[C@H](OS(=O)(=O)C(F)(F)F)C(=O)O[C@@H]2[C@H]1COC(C)(C)O1. The van der Waals surface area contributed by atoms with Crippen molar-refractivity contribution in [3.05, 3.63) is 0 Å². The molecule has 27 heavy (non-hydrogen) atoms. The highest BCUT2D eigenvalue weighted by Crippen LogP contribution is 2.41. The summed E-state index contributed by atoms with van der Waals surface area (Å²) in [7, 11) is -6.05. The van der Waals surface area contributed by atoms with Gasteiger partial charge in [-0.15, -0.1) is 0 Å². The molecular formula is C14H19F3O9S. The minimum atomic E-state index is -6.05. The van der Waals surface area contributed by atoms with Crippen molar-refractivity contribution in [2.75, 3.05) is 6.61 Å². The van der Waals surface area contributed by atoms with Gasteiger partial charge >= 0.3 is 21.6 Å². The van der Waals surface area contributed by atoms with Crippen molar-refractivity contribution in [3.8, 4) is 0 Å². The molecule has 0 spiro atoms. The van der Waals surface area contributed by atoms with E-state index in [2.05, 4.69) is 4.18 Å². The summed E-state index contributed by atoms with van der Waals surface area (Å²) in [5, 5.41) is 0. The Morgan fingerprint density at radius 1 is 1.00 bits per heavy atom. The van der Waals surface area contributed by atoms with E-state index in [4.69, 9.17) is 23.7 Å². The zero-order chi connectivity index (χ0) is 20.4. The van der Waals surface area contributed by atoms with E-state index in [0.29, 0.717) is 0 Å². The number of ether oxygens (including phenoxy) is 5. The molecule has 0 radical (unpaired) electrons. The van der Waals surface area contributed by atoms with Gasteiger partial charge in [0.1, 0.15) is 18.3 Å². The molecular weight excluding hydrogens is 401 g/mol. The van der Waals surface area contributed by atoms with Crippen LogP contribution in [0.3, 0.4) is 0 Å². The minimum Gasteiger partial charge on any atom is -0.455 e. The molecule has 3 rings (SSSR count). The van der Waals surface area contributed by atoms with Crippen LogP contribution >= 0.6 is 0 Å². The van der Waals surface area contributed by atoms with E-state index in [9.17, 15) is 26.4 Å². The van der Waals surface area contributed by atoms with E-state index in [1.807, 2.05) is 0 Å². The lowest BCUT2D eigenvalue weighted by atomic mass is 9.96. The topological polar surface area (TPSA) is 107 Å². The second-order valence-corrected chi connectivity index (χ2v) is 8.81. The van der Waals surface area contributed by atoms with Crippen LogP contribution in [-0.2, 0) is 42.8 Å². The van der Waals surface area contributed by atoms with Crippen LogP contribution in [0.1, 0.15) is 27.7 Å². The highest BCUT2D eigenvalue weighted by molar-refractivity contribution is 7.87. The van der Waals surface area contributed by atoms with Gasteiger partial charge in [-0.3, -0.25) is 0 Å². The summed E-state index contributed by atoms with van der Waals surface area (Å²) in [6.07, 6.45) is -6.60. The van der Waals surface area contributed by atoms with Crippen LogP contribution in [0.5, 0.6) is 0 Å². The van der Waals surface area contributed by atoms with Crippen molar-refractivity contribution in [2.45, 2.75) is 75.3 Å². The Morgan fingerprint density at radius 2 is 1.59 bits per heavy atom. The number of hydrogen-bond donors (Lipinski definition) is 0. The van der Waals surface area contributed by atoms with Gasteiger partial charge in [-0.05, 0) is 27.7 Å². The number of alkyl halides is 3. The minimum absolute atomic E-state index is 0.0321. The second-order valence-electron chi connectivity index (χ2n) is 7.25. The number of halogens is 3. The first-order chi connectivity index (χ1) is 12.1. The molecule has 0 aliphatic carbocycles. The summed E-state index contributed by atoms with van der Waals surface area (Å²) in [6.45, 7) is 6.21. The predicted molar refractivity (Wildman–Crippen MR) is 78.5 cm³/mol. The number of hydrogen-bond acceptors (Lipinski definition) is 9. The van der Waals surface area contributed by atoms with Crippen molar-refractivity contribution in [1.29, 1.82) is 0 Å². The van der Waals surface area contributed by atoms with Gasteiger partial charge in [-0.2, -0.15) is 21.6 Å². The quantitative estimate of drug-likeness (QED) is 0.373. The molecule has 0 aromatic carbocycles. The van der Waals surface area contributed by atoms with Crippen molar-refractivity contribution in [2.24, 2.45) is 0 Å². The molecule has 3 saturated heterocycles. The van der Waals surface area contributed by atoms with Gasteiger partial charge in [0.25, 0.3) is 0 Å². The Hall–Kier alpha value is -0.990. The summed E-state index contributed by atoms with van der Waals surface area (Å²) >= 11 is 0. The first kappa shape index (κ1) is 20.7. The fourth-order valence-corrected chi connectivity index (χ4v) is 3.73. The molecule has 5 atom stereocenters. The fourth-order valence-electron chi connectivity index (χ4n) is 3.16. The van der Waals surface area contributed by atoms with Crippen LogP contribution in [-0.4, -0.2) is 68.6 Å². The van der Waals surface area contributed by atoms with Crippen molar-refractivity contribution < 1.29 is 54.3 Å². The average Bonchev–Trinajstić information content (AvgIpc) is 2.99. The smallest absolute Gasteiger partial charge is 0.455 e. The van der Waals surface area contributed by atoms with Crippen LogP contribution < -0.4 is 0 Å². The average molecular weight is 420 g/mol. The molecule has 13 heteroatoms.